The summed E-state index contributed by atoms with van der Waals surface area (Å²) in [4.78, 5) is 13.6. The van der Waals surface area contributed by atoms with Crippen LogP contribution in [0, 0.1) is 99.3 Å². The Morgan fingerprint density at radius 3 is 0.464 bits per heavy atom. The molecule has 544 valence electrons. The number of aryl methyl sites for hydroxylation is 6. The molecule has 6 aromatic carbocycles. The first-order valence-electron chi connectivity index (χ1n) is 29.9. The fraction of sp³-hybridized carbons (Fsp3) is 0.455. The Kier molecular flexibility index (Phi) is 38.0. The van der Waals surface area contributed by atoms with Crippen LogP contribution < -0.4 is 96.3 Å². The van der Waals surface area contributed by atoms with Gasteiger partial charge in [0.2, 0.25) is 0 Å². The first kappa shape index (κ1) is 88.3. The number of benzene rings is 6. The van der Waals surface area contributed by atoms with Crippen molar-refractivity contribution in [1.29, 1.82) is 0 Å². The first-order valence-corrected chi connectivity index (χ1v) is 32.3. The van der Waals surface area contributed by atoms with Gasteiger partial charge in [-0.2, -0.15) is 0 Å². The van der Waals surface area contributed by atoms with Gasteiger partial charge in [-0.1, -0.05) is 70.9 Å². The molecule has 2 heterocycles. The molecule has 31 heteroatoms. The summed E-state index contributed by atoms with van der Waals surface area (Å²) >= 11 is 0. The fourth-order valence-corrected chi connectivity index (χ4v) is 11.3. The van der Waals surface area contributed by atoms with Gasteiger partial charge in [0, 0.05) is 118 Å². The molecule has 2 aliphatic rings. The van der Waals surface area contributed by atoms with Crippen LogP contribution in [0.3, 0.4) is 0 Å². The molecule has 0 atom stereocenters. The first-order chi connectivity index (χ1) is 44.2. The largest absolute Gasteiger partial charge is 3.00 e. The molecule has 0 aliphatic carbocycles. The molecule has 0 bridgehead atoms. The van der Waals surface area contributed by atoms with Crippen molar-refractivity contribution in [2.24, 2.45) is 0 Å². The van der Waals surface area contributed by atoms with Crippen LogP contribution in [0.25, 0.3) is 0 Å². The molecule has 26 nitrogen and oxygen atoms in total. The number of hydrogen-bond donors (Lipinski definition) is 0. The van der Waals surface area contributed by atoms with E-state index in [1.807, 2.05) is 77.9 Å². The van der Waals surface area contributed by atoms with Gasteiger partial charge < -0.3 is 59.1 Å². The van der Waals surface area contributed by atoms with E-state index in [2.05, 4.69) is 29.4 Å². The van der Waals surface area contributed by atoms with Crippen LogP contribution in [0.1, 0.15) is 66.8 Å². The fourth-order valence-electron chi connectivity index (χ4n) is 11.3. The molecule has 0 aromatic heterocycles. The monoisotopic (exact) mass is 1630 g/mol. The predicted molar refractivity (Wildman–Crippen MR) is 315 cm³/mol. The SMILES string of the molecule is COc1cc(C)cc(CN2CCN(Cc3cc(C)cc(OC)c3[O-])CCN(Cc3cc(C)cc(OC)c3[O-])CC2)c1[O-].COc1cc(C)cc(CN2CCN(Cc3cc(C)cc(OC)c3[O-])CCN(Cc3cc(C)cc(OC)c3[O-])CC2)c1[O-].[Er+3].[Ni+2].[Ni+3].[O-][Cl+3]([O-])([O-])[O-].[O-][Cl+3]([O-])([O-])[O-]. The third-order valence-corrected chi connectivity index (χ3v) is 15.7. The zero-order valence-electron chi connectivity index (χ0n) is 56.2. The second kappa shape index (κ2) is 41.8. The Morgan fingerprint density at radius 1 is 0.268 bits per heavy atom. The molecule has 8 rings (SSSR count). The smallest absolute Gasteiger partial charge is 0.870 e. The maximum absolute atomic E-state index is 13.1. The van der Waals surface area contributed by atoms with Crippen molar-refractivity contribution < 1.29 is 187 Å². The van der Waals surface area contributed by atoms with Gasteiger partial charge in [0.05, 0.1) is 42.7 Å². The Balaban J connectivity index is 0.000000563. The Labute approximate surface area is 622 Å². The summed E-state index contributed by atoms with van der Waals surface area (Å²) in [6.07, 6.45) is 0. The minimum absolute atomic E-state index is 0. The molecule has 0 N–H and O–H groups in total. The topological polar surface area (TPSA) is 398 Å². The molecule has 2 aliphatic heterocycles. The second-order valence-corrected chi connectivity index (χ2v) is 24.7. The summed E-state index contributed by atoms with van der Waals surface area (Å²) in [7, 11) is -0.775. The maximum Gasteiger partial charge on any atom is 3.00 e. The molecule has 0 amide bonds. The quantitative estimate of drug-likeness (QED) is 0.0737. The molecule has 0 spiro atoms. The van der Waals surface area contributed by atoms with Crippen LogP contribution in [0.2, 0.25) is 0 Å². The van der Waals surface area contributed by atoms with Crippen molar-refractivity contribution in [1.82, 2.24) is 29.4 Å². The van der Waals surface area contributed by atoms with E-state index in [1.54, 1.807) is 36.4 Å². The zero-order valence-corrected chi connectivity index (χ0v) is 61.5. The number of methoxy groups -OCH3 is 6. The van der Waals surface area contributed by atoms with Crippen molar-refractivity contribution in [3.8, 4) is 69.0 Å². The molecule has 0 saturated carbocycles. The molecule has 2 fully saturated rings. The Morgan fingerprint density at radius 2 is 0.371 bits per heavy atom. The summed E-state index contributed by atoms with van der Waals surface area (Å²) in [5, 5.41) is 78.3. The normalized spacial score (nSPS) is 14.7. The van der Waals surface area contributed by atoms with Crippen LogP contribution in [0.4, 0.5) is 0 Å². The van der Waals surface area contributed by atoms with Gasteiger partial charge in [0.25, 0.3) is 0 Å². The van der Waals surface area contributed by atoms with Gasteiger partial charge in [-0.3, -0.25) is 29.4 Å². The van der Waals surface area contributed by atoms with Gasteiger partial charge in [-0.15, -0.1) is 20.5 Å². The van der Waals surface area contributed by atoms with Crippen molar-refractivity contribution in [3.63, 3.8) is 0 Å². The van der Waals surface area contributed by atoms with Gasteiger partial charge in [-0.05, 0) is 145 Å². The summed E-state index contributed by atoms with van der Waals surface area (Å²) in [6, 6.07) is 22.2. The van der Waals surface area contributed by atoms with E-state index in [1.165, 1.54) is 42.7 Å². The molecule has 2 saturated heterocycles. The van der Waals surface area contributed by atoms with E-state index >= 15 is 0 Å². The van der Waals surface area contributed by atoms with Crippen LogP contribution in [-0.2, 0) is 72.3 Å². The van der Waals surface area contributed by atoms with Crippen LogP contribution >= 0.6 is 0 Å². The van der Waals surface area contributed by atoms with Crippen molar-refractivity contribution >= 4 is 0 Å². The van der Waals surface area contributed by atoms with E-state index in [9.17, 15) is 30.6 Å². The molecule has 97 heavy (non-hydrogen) atoms. The predicted octanol–water partition coefficient (Wildman–Crippen LogP) is -4.16. The zero-order chi connectivity index (χ0) is 69.8. The minimum atomic E-state index is -4.94. The average molecular weight is 1640 g/mol. The van der Waals surface area contributed by atoms with Crippen LogP contribution in [0.5, 0.6) is 69.0 Å². The second-order valence-electron chi connectivity index (χ2n) is 23.1. The number of rotatable bonds is 18. The number of nitrogens with zero attached hydrogens (tertiary/aromatic N) is 6. The van der Waals surface area contributed by atoms with E-state index in [0.717, 1.165) is 33.4 Å². The van der Waals surface area contributed by atoms with Gasteiger partial charge in [-0.25, -0.2) is 37.3 Å². The van der Waals surface area contributed by atoms with Crippen molar-refractivity contribution in [2.75, 3.05) is 121 Å². The molecular weight excluding hydrogens is 1550 g/mol. The molecule has 2 radical (unpaired) electrons. The summed E-state index contributed by atoms with van der Waals surface area (Å²) in [5.41, 5.74) is 10.0. The van der Waals surface area contributed by atoms with E-state index < -0.39 is 20.5 Å². The van der Waals surface area contributed by atoms with E-state index in [0.29, 0.717) is 186 Å². The summed E-state index contributed by atoms with van der Waals surface area (Å²) in [5.74, 6) is 1.54. The maximum atomic E-state index is 13.1. The van der Waals surface area contributed by atoms with E-state index in [4.69, 9.17) is 65.7 Å². The van der Waals surface area contributed by atoms with Crippen LogP contribution in [0.15, 0.2) is 72.8 Å². The van der Waals surface area contributed by atoms with Gasteiger partial charge >= 0.3 is 70.3 Å². The average Bonchev–Trinajstić information content (AvgIpc) is 1.69. The van der Waals surface area contributed by atoms with Gasteiger partial charge in [0.1, 0.15) is 34.5 Å². The summed E-state index contributed by atoms with van der Waals surface area (Å²) in [6.45, 7) is 23.2. The standard InChI is InChI=1S/2C33H45N3O6.2ClHO4.Er.2Ni/c2*1-22-13-25(31(37)28(16-22)40-4)19-34-7-9-35(20-26-14-23(2)17-29(41-5)32(26)38)11-12-36(10-8-34)21-27-15-24(3)18-30(42-6)33(27)39;2*2-1(3,4)5;;;/h2*13-18,37-39H,7-12,19-21H2,1-6H3;2*(H,2,3,4,5);;;/q;;;;+3;+2;+3/p-8. The Hall–Kier alpha value is -4.83. The molecule has 0 unspecified atom stereocenters. The minimum Gasteiger partial charge on any atom is -0.870 e. The van der Waals surface area contributed by atoms with Gasteiger partial charge in [0.15, 0.2) is 0 Å². The summed E-state index contributed by atoms with van der Waals surface area (Å²) < 4.78 is 100.0. The number of hydrogen-bond acceptors (Lipinski definition) is 26. The van der Waals surface area contributed by atoms with Crippen molar-refractivity contribution in [2.45, 2.75) is 80.8 Å². The molecular formula is C66H84Cl2ErN6Ni2O20. The third kappa shape index (κ3) is 29.3. The van der Waals surface area contributed by atoms with Crippen LogP contribution in [-0.4, -0.2) is 151 Å². The number of halogens is 2. The molecule has 6 aromatic rings. The number of ether oxygens (including phenoxy) is 6. The Bertz CT molecular complexity index is 2840. The van der Waals surface area contributed by atoms with Crippen molar-refractivity contribution in [3.05, 3.63) is 140 Å². The third-order valence-electron chi connectivity index (χ3n) is 15.7. The van der Waals surface area contributed by atoms with E-state index in [-0.39, 0.29) is 105 Å².